The molecule has 9 heteroatoms. The Morgan fingerprint density at radius 3 is 2.47 bits per heavy atom. The van der Waals surface area contributed by atoms with Crippen molar-refractivity contribution in [2.45, 2.75) is 4.90 Å². The average Bonchev–Trinajstić information content (AvgIpc) is 2.92. The van der Waals surface area contributed by atoms with Gasteiger partial charge in [0.15, 0.2) is 0 Å². The van der Waals surface area contributed by atoms with Crippen LogP contribution in [0.4, 0.5) is 11.4 Å². The molecule has 0 bridgehead atoms. The Morgan fingerprint density at radius 2 is 1.67 bits per heavy atom. The molecule has 1 aliphatic rings. The molecule has 0 unspecified atom stereocenters. The highest BCUT2D eigenvalue weighted by Crippen LogP contribution is 2.29. The lowest BCUT2D eigenvalue weighted by atomic mass is 10.1. The third-order valence-electron chi connectivity index (χ3n) is 6.24. The minimum Gasteiger partial charge on any atom is -0.495 e. The lowest BCUT2D eigenvalue weighted by Gasteiger charge is -2.36. The maximum Gasteiger partial charge on any atom is 0.264 e. The van der Waals surface area contributed by atoms with E-state index in [0.717, 1.165) is 16.8 Å². The summed E-state index contributed by atoms with van der Waals surface area (Å²) in [4.78, 5) is 21.5. The molecule has 3 aromatic carbocycles. The van der Waals surface area contributed by atoms with Crippen LogP contribution in [0.1, 0.15) is 10.4 Å². The number of pyridine rings is 1. The largest absolute Gasteiger partial charge is 0.495 e. The fourth-order valence-corrected chi connectivity index (χ4v) is 5.67. The van der Waals surface area contributed by atoms with Gasteiger partial charge in [-0.3, -0.25) is 14.5 Å². The molecule has 8 nitrogen and oxygen atoms in total. The van der Waals surface area contributed by atoms with E-state index in [1.807, 2.05) is 36.4 Å². The van der Waals surface area contributed by atoms with Crippen LogP contribution in [0.3, 0.4) is 0 Å². The number of aromatic nitrogens is 1. The zero-order valence-corrected chi connectivity index (χ0v) is 20.6. The number of fused-ring (bicyclic) bond motifs is 1. The first-order valence-electron chi connectivity index (χ1n) is 11.6. The van der Waals surface area contributed by atoms with Gasteiger partial charge in [-0.2, -0.15) is 0 Å². The van der Waals surface area contributed by atoms with Gasteiger partial charge in [-0.15, -0.1) is 0 Å². The summed E-state index contributed by atoms with van der Waals surface area (Å²) in [6.45, 7) is 2.45. The number of piperazine rings is 1. The van der Waals surface area contributed by atoms with E-state index >= 15 is 0 Å². The molecule has 0 radical (unpaired) electrons. The lowest BCUT2D eigenvalue weighted by molar-refractivity contribution is 0.0746. The number of nitrogens with zero attached hydrogens (tertiary/aromatic N) is 3. The monoisotopic (exact) mass is 502 g/mol. The highest BCUT2D eigenvalue weighted by molar-refractivity contribution is 7.93. The number of nitrogens with one attached hydrogen (secondary N) is 1. The molecule has 1 aliphatic heterocycles. The first-order chi connectivity index (χ1) is 17.5. The zero-order valence-electron chi connectivity index (χ0n) is 19.8. The summed E-state index contributed by atoms with van der Waals surface area (Å²) in [5.41, 5.74) is 2.15. The summed E-state index contributed by atoms with van der Waals surface area (Å²) < 4.78 is 34.4. The molecule has 1 amide bonds. The van der Waals surface area contributed by atoms with Gasteiger partial charge in [-0.05, 0) is 42.5 Å². The second kappa shape index (κ2) is 9.87. The van der Waals surface area contributed by atoms with E-state index in [0.29, 0.717) is 42.9 Å². The first kappa shape index (κ1) is 23.6. The van der Waals surface area contributed by atoms with Crippen LogP contribution < -0.4 is 14.4 Å². The summed E-state index contributed by atoms with van der Waals surface area (Å²) in [6, 6.07) is 23.0. The van der Waals surface area contributed by atoms with E-state index in [1.165, 1.54) is 6.07 Å². The number of hydrogen-bond acceptors (Lipinski definition) is 6. The predicted octanol–water partition coefficient (Wildman–Crippen LogP) is 4.01. The van der Waals surface area contributed by atoms with E-state index in [2.05, 4.69) is 14.6 Å². The van der Waals surface area contributed by atoms with E-state index < -0.39 is 10.0 Å². The Labute approximate surface area is 210 Å². The second-order valence-corrected chi connectivity index (χ2v) is 10.1. The number of carbonyl (C=O) groups is 1. The normalized spacial score (nSPS) is 14.0. The molecule has 0 spiro atoms. The molecule has 36 heavy (non-hydrogen) atoms. The molecule has 184 valence electrons. The SMILES string of the molecule is COc1ccccc1N1CCN(C(=O)c2cccc(NS(=O)(=O)c3cccc4cccnc34)c2)CC1. The smallest absolute Gasteiger partial charge is 0.264 e. The van der Waals surface area contributed by atoms with Crippen molar-refractivity contribution in [2.75, 3.05) is 42.9 Å². The lowest BCUT2D eigenvalue weighted by Crippen LogP contribution is -2.48. The summed E-state index contributed by atoms with van der Waals surface area (Å²) in [5.74, 6) is 0.668. The highest BCUT2D eigenvalue weighted by atomic mass is 32.2. The summed E-state index contributed by atoms with van der Waals surface area (Å²) in [6.07, 6.45) is 1.56. The van der Waals surface area contributed by atoms with Gasteiger partial charge in [0, 0.05) is 49.0 Å². The van der Waals surface area contributed by atoms with Crippen LogP contribution >= 0.6 is 0 Å². The Hall–Kier alpha value is -4.11. The van der Waals surface area contributed by atoms with Crippen molar-refractivity contribution in [3.63, 3.8) is 0 Å². The van der Waals surface area contributed by atoms with Crippen LogP contribution in [-0.4, -0.2) is 57.5 Å². The third-order valence-corrected chi connectivity index (χ3v) is 7.65. The van der Waals surface area contributed by atoms with Gasteiger partial charge in [0.2, 0.25) is 0 Å². The van der Waals surface area contributed by atoms with Gasteiger partial charge >= 0.3 is 0 Å². The van der Waals surface area contributed by atoms with E-state index in [-0.39, 0.29) is 10.8 Å². The quantitative estimate of drug-likeness (QED) is 0.428. The van der Waals surface area contributed by atoms with Crippen molar-refractivity contribution in [1.29, 1.82) is 0 Å². The van der Waals surface area contributed by atoms with Gasteiger partial charge in [0.25, 0.3) is 15.9 Å². The molecule has 1 fully saturated rings. The van der Waals surface area contributed by atoms with Gasteiger partial charge in [-0.25, -0.2) is 8.42 Å². The van der Waals surface area contributed by atoms with E-state index in [4.69, 9.17) is 4.74 Å². The molecule has 1 saturated heterocycles. The van der Waals surface area contributed by atoms with Crippen LogP contribution in [0, 0.1) is 0 Å². The molecule has 5 rings (SSSR count). The molecule has 0 saturated carbocycles. The van der Waals surface area contributed by atoms with Crippen molar-refractivity contribution in [3.05, 3.63) is 90.6 Å². The number of rotatable bonds is 6. The maximum absolute atomic E-state index is 13.2. The number of hydrogen-bond donors (Lipinski definition) is 1. The van der Waals surface area contributed by atoms with Crippen molar-refractivity contribution in [2.24, 2.45) is 0 Å². The molecular formula is C27H26N4O4S. The molecule has 4 aromatic rings. The van der Waals surface area contributed by atoms with Crippen LogP contribution in [0.2, 0.25) is 0 Å². The number of sulfonamides is 1. The second-order valence-electron chi connectivity index (χ2n) is 8.47. The number of carbonyl (C=O) groups excluding carboxylic acids is 1. The zero-order chi connectivity index (χ0) is 25.1. The predicted molar refractivity (Wildman–Crippen MR) is 140 cm³/mol. The fourth-order valence-electron chi connectivity index (χ4n) is 4.44. The summed E-state index contributed by atoms with van der Waals surface area (Å²) in [5, 5.41) is 0.733. The Kier molecular flexibility index (Phi) is 6.47. The van der Waals surface area contributed by atoms with Crippen molar-refractivity contribution in [3.8, 4) is 5.75 Å². The van der Waals surface area contributed by atoms with Gasteiger partial charge in [0.05, 0.1) is 18.3 Å². The Bertz CT molecular complexity index is 1510. The Balaban J connectivity index is 1.30. The maximum atomic E-state index is 13.2. The van der Waals surface area contributed by atoms with Crippen molar-refractivity contribution >= 4 is 38.2 Å². The standard InChI is InChI=1S/C27H26N4O4S/c1-35-24-12-3-2-11-23(24)30-15-17-31(18-16-30)27(32)21-8-4-10-22(19-21)29-36(33,34)25-13-5-7-20-9-6-14-28-26(20)25/h2-14,19,29H,15-18H2,1H3. The van der Waals surface area contributed by atoms with Crippen LogP contribution in [-0.2, 0) is 10.0 Å². The third kappa shape index (κ3) is 4.70. The molecule has 1 N–H and O–H groups in total. The molecule has 0 atom stereocenters. The number of amides is 1. The molecule has 1 aromatic heterocycles. The number of methoxy groups -OCH3 is 1. The topological polar surface area (TPSA) is 91.8 Å². The van der Waals surface area contributed by atoms with E-state index in [9.17, 15) is 13.2 Å². The van der Waals surface area contributed by atoms with Crippen LogP contribution in [0.5, 0.6) is 5.75 Å². The van der Waals surface area contributed by atoms with E-state index in [1.54, 1.807) is 54.6 Å². The number of ether oxygens (including phenoxy) is 1. The van der Waals surface area contributed by atoms with Gasteiger partial charge < -0.3 is 14.5 Å². The van der Waals surface area contributed by atoms with Gasteiger partial charge in [-0.1, -0.05) is 36.4 Å². The van der Waals surface area contributed by atoms with Gasteiger partial charge in [0.1, 0.15) is 10.6 Å². The number of benzene rings is 3. The number of anilines is 2. The first-order valence-corrected chi connectivity index (χ1v) is 13.1. The van der Waals surface area contributed by atoms with Crippen molar-refractivity contribution in [1.82, 2.24) is 9.88 Å². The minimum atomic E-state index is -3.91. The fraction of sp³-hybridized carbons (Fsp3) is 0.185. The highest BCUT2D eigenvalue weighted by Gasteiger charge is 2.24. The van der Waals surface area contributed by atoms with Crippen LogP contribution in [0.25, 0.3) is 10.9 Å². The van der Waals surface area contributed by atoms with Crippen LogP contribution in [0.15, 0.2) is 90.0 Å². The van der Waals surface area contributed by atoms with Crippen molar-refractivity contribution < 1.29 is 17.9 Å². The average molecular weight is 503 g/mol. The summed E-state index contributed by atoms with van der Waals surface area (Å²) >= 11 is 0. The molecule has 2 heterocycles. The minimum absolute atomic E-state index is 0.0878. The number of para-hydroxylation sites is 3. The molecule has 0 aliphatic carbocycles. The summed E-state index contributed by atoms with van der Waals surface area (Å²) in [7, 11) is -2.26. The molecular weight excluding hydrogens is 476 g/mol. The Morgan fingerprint density at radius 1 is 0.917 bits per heavy atom.